The Hall–Kier alpha value is -2.55. The van der Waals surface area contributed by atoms with Crippen molar-refractivity contribution in [3.8, 4) is 0 Å². The lowest BCUT2D eigenvalue weighted by molar-refractivity contribution is -0.219. The highest BCUT2D eigenvalue weighted by Gasteiger charge is 2.77. The molecule has 0 saturated heterocycles. The van der Waals surface area contributed by atoms with Gasteiger partial charge in [-0.05, 0) is 113 Å². The van der Waals surface area contributed by atoms with Gasteiger partial charge in [0.1, 0.15) is 24.4 Å². The first kappa shape index (κ1) is 36.0. The van der Waals surface area contributed by atoms with Crippen molar-refractivity contribution in [2.75, 3.05) is 13.2 Å². The predicted molar refractivity (Wildman–Crippen MR) is 207 cm³/mol. The number of halogens is 2. The molecule has 15 heteroatoms. The van der Waals surface area contributed by atoms with Crippen molar-refractivity contribution in [2.45, 2.75) is 128 Å². The summed E-state index contributed by atoms with van der Waals surface area (Å²) < 4.78 is 109. The second-order valence-electron chi connectivity index (χ2n) is 19.5. The number of rotatable bonds is 8. The van der Waals surface area contributed by atoms with Crippen LogP contribution in [-0.2, 0) is 32.8 Å². The van der Waals surface area contributed by atoms with Crippen LogP contribution in [0.15, 0.2) is 47.6 Å². The summed E-state index contributed by atoms with van der Waals surface area (Å²) >= 11 is 0. The Morgan fingerprint density at radius 3 is 1.47 bits per heavy atom. The maximum atomic E-state index is 17.7. The fourth-order valence-corrected chi connectivity index (χ4v) is 14.7. The Morgan fingerprint density at radius 1 is 0.746 bits per heavy atom. The van der Waals surface area contributed by atoms with E-state index >= 15 is 8.78 Å². The van der Waals surface area contributed by atoms with Gasteiger partial charge in [-0.25, -0.2) is 13.3 Å². The number of phosphoric ester groups is 1. The van der Waals surface area contributed by atoms with Gasteiger partial charge in [-0.15, -0.1) is 0 Å². The molecule has 0 aromatic rings. The van der Waals surface area contributed by atoms with Gasteiger partial charge >= 0.3 is 7.82 Å². The molecule has 324 valence electrons. The largest absolute Gasteiger partial charge is 0.473 e. The van der Waals surface area contributed by atoms with Crippen LogP contribution in [-0.4, -0.2) is 96.4 Å². The number of aliphatic hydroxyl groups is 4. The van der Waals surface area contributed by atoms with Crippen LogP contribution in [0.1, 0.15) is 101 Å². The van der Waals surface area contributed by atoms with Crippen LogP contribution in [0.5, 0.6) is 0 Å². The highest BCUT2D eigenvalue weighted by molar-refractivity contribution is 7.47. The lowest BCUT2D eigenvalue weighted by Crippen LogP contribution is -2.69. The number of fused-ring (bicyclic) bond motifs is 10. The number of allylic oxidation sites excluding steroid dienone is 8. The fourth-order valence-electron chi connectivity index (χ4n) is 14.1. The summed E-state index contributed by atoms with van der Waals surface area (Å²) in [4.78, 5) is 63.9. The molecule has 0 heterocycles. The highest BCUT2D eigenvalue weighted by Crippen LogP contribution is 2.72. The molecule has 0 amide bonds. The van der Waals surface area contributed by atoms with Crippen molar-refractivity contribution in [3.63, 3.8) is 0 Å². The molecule has 6 fully saturated rings. The molecule has 0 radical (unpaired) electrons. The molecule has 5 N–H and O–H groups in total. The molecule has 0 bridgehead atoms. The number of ketones is 4. The average molecular weight is 853 g/mol. The third kappa shape index (κ3) is 5.27. The molecule has 0 spiro atoms. The monoisotopic (exact) mass is 852 g/mol. The summed E-state index contributed by atoms with van der Waals surface area (Å²) in [5.41, 5.74) is -16.4. The van der Waals surface area contributed by atoms with Gasteiger partial charge in [0.25, 0.3) is 0 Å². The average Bonchev–Trinajstić information content (AvgIpc) is 3.59. The first-order chi connectivity index (χ1) is 29.6. The SMILES string of the molecule is [2H]C([2H])([2H])[C@@H]1C[C@H]2[C@@H]3CCC4=CC(=O)C=C[C@]4(C)[C@@]3(F)[C@@H](O)C[C@]2(C)[C@@]1(O)C(=O)COP(=O)(O)OCC(=O)[C@@]1(O)[C@H](C([2H])([2H])[2H])C[C@H]2[C@@H]3CCC4=CC(=O)C=C[C@]4(C)[C@@]3(F)[C@@H](O)C[C@@]21C. The van der Waals surface area contributed by atoms with E-state index in [1.807, 2.05) is 0 Å². The normalized spacial score (nSPS) is 53.0. The molecule has 0 aromatic heterocycles. The molecule has 12 nitrogen and oxygen atoms in total. The summed E-state index contributed by atoms with van der Waals surface area (Å²) in [6.07, 6.45) is 2.46. The van der Waals surface area contributed by atoms with E-state index in [9.17, 15) is 49.1 Å². The van der Waals surface area contributed by atoms with E-state index in [1.165, 1.54) is 64.2 Å². The smallest absolute Gasteiger partial charge is 0.390 e. The van der Waals surface area contributed by atoms with E-state index in [-0.39, 0.29) is 37.2 Å². The van der Waals surface area contributed by atoms with E-state index < -0.39 is 164 Å². The van der Waals surface area contributed by atoms with Crippen LogP contribution in [0, 0.1) is 57.2 Å². The summed E-state index contributed by atoms with van der Waals surface area (Å²) in [5, 5.41) is 48.3. The summed E-state index contributed by atoms with van der Waals surface area (Å²) in [6, 6.07) is 0. The quantitative estimate of drug-likeness (QED) is 0.206. The third-order valence-electron chi connectivity index (χ3n) is 17.4. The molecule has 16 atom stereocenters. The number of hydrogen-bond acceptors (Lipinski definition) is 11. The number of Topliss-reactive ketones (excluding diaryl/α,β-unsaturated/α-hetero) is 2. The van der Waals surface area contributed by atoms with Gasteiger partial charge in [-0.1, -0.05) is 50.8 Å². The molecule has 0 aliphatic heterocycles. The van der Waals surface area contributed by atoms with Crippen molar-refractivity contribution in [1.29, 1.82) is 0 Å². The highest BCUT2D eigenvalue weighted by atomic mass is 31.2. The molecular weight excluding hydrogens is 789 g/mol. The third-order valence-corrected chi connectivity index (χ3v) is 18.3. The molecule has 6 saturated carbocycles. The zero-order valence-corrected chi connectivity index (χ0v) is 34.3. The number of carbonyl (C=O) groups is 4. The minimum absolute atomic E-state index is 0.0404. The van der Waals surface area contributed by atoms with Gasteiger partial charge in [-0.2, -0.15) is 0 Å². The zero-order chi connectivity index (χ0) is 48.3. The lowest BCUT2D eigenvalue weighted by atomic mass is 9.44. The Bertz CT molecular complexity index is 2150. The molecule has 0 aromatic carbocycles. The molecule has 8 aliphatic rings. The minimum Gasteiger partial charge on any atom is -0.390 e. The van der Waals surface area contributed by atoms with Crippen LogP contribution < -0.4 is 0 Å². The number of carbonyl (C=O) groups excluding carboxylic acids is 4. The van der Waals surface area contributed by atoms with Crippen LogP contribution in [0.4, 0.5) is 8.78 Å². The van der Waals surface area contributed by atoms with Gasteiger partial charge in [0.2, 0.25) is 0 Å². The van der Waals surface area contributed by atoms with E-state index in [1.54, 1.807) is 0 Å². The molecular formula is C44H57F2O12P. The summed E-state index contributed by atoms with van der Waals surface area (Å²) in [5.74, 6) is -11.6. The lowest BCUT2D eigenvalue weighted by Gasteiger charge is -2.62. The standard InChI is InChI=1S/C44H57F2O12P/c1-23-15-31-29-9-7-25-17-27(47)11-13-37(25,3)41(29,45)33(49)19-39(31,5)43(23,53)35(51)21-57-59(55,56)58-22-36(52)44(54)24(2)16-32-30-10-8-26-18-28(48)12-14-38(26,4)42(30,46)34(50)20-40(32,44)6/h11-14,17-18,23-24,29-34,49-50,53-54H,7-10,15-16,19-22H2,1-6H3,(H,55,56)/t23-,24-,29+,30+,31+,32+,33+,34+,37+,38+,39+,40+,41+,42+,43+,44+/m1/s1/i1D3,2D3. The van der Waals surface area contributed by atoms with Gasteiger partial charge in [0.15, 0.2) is 34.5 Å². The van der Waals surface area contributed by atoms with Crippen molar-refractivity contribution in [1.82, 2.24) is 0 Å². The second-order valence-corrected chi connectivity index (χ2v) is 21.0. The van der Waals surface area contributed by atoms with Crippen molar-refractivity contribution in [2.24, 2.45) is 57.2 Å². The second kappa shape index (κ2) is 13.2. The van der Waals surface area contributed by atoms with Crippen molar-refractivity contribution >= 4 is 31.0 Å². The number of alkyl halides is 2. The molecule has 8 aliphatic carbocycles. The Morgan fingerprint density at radius 2 is 1.12 bits per heavy atom. The van der Waals surface area contributed by atoms with E-state index in [2.05, 4.69) is 0 Å². The van der Waals surface area contributed by atoms with E-state index in [0.717, 1.165) is 0 Å². The van der Waals surface area contributed by atoms with Crippen LogP contribution in [0.2, 0.25) is 0 Å². The van der Waals surface area contributed by atoms with Crippen LogP contribution in [0.3, 0.4) is 0 Å². The molecule has 8 rings (SSSR count). The zero-order valence-electron chi connectivity index (χ0n) is 39.5. The maximum absolute atomic E-state index is 17.7. The first-order valence-electron chi connectivity index (χ1n) is 23.4. The fraction of sp³-hybridized carbons (Fsp3) is 0.727. The van der Waals surface area contributed by atoms with Gasteiger partial charge in [0.05, 0.1) is 12.2 Å². The van der Waals surface area contributed by atoms with Gasteiger partial charge in [0, 0.05) is 41.7 Å². The predicted octanol–water partition coefficient (Wildman–Crippen LogP) is 4.95. The van der Waals surface area contributed by atoms with E-state index in [0.29, 0.717) is 11.1 Å². The first-order valence-corrected chi connectivity index (χ1v) is 21.9. The Kier molecular flexibility index (Phi) is 8.07. The van der Waals surface area contributed by atoms with Crippen LogP contribution >= 0.6 is 7.82 Å². The maximum Gasteiger partial charge on any atom is 0.473 e. The Labute approximate surface area is 351 Å². The van der Waals surface area contributed by atoms with Crippen molar-refractivity contribution in [3.05, 3.63) is 47.6 Å². The minimum atomic E-state index is -5.58. The number of phosphoric acid groups is 1. The van der Waals surface area contributed by atoms with Crippen LogP contribution in [0.25, 0.3) is 0 Å². The number of hydrogen-bond donors (Lipinski definition) is 5. The summed E-state index contributed by atoms with van der Waals surface area (Å²) in [7, 11) is -5.58. The van der Waals surface area contributed by atoms with Gasteiger partial charge in [-0.3, -0.25) is 28.2 Å². The number of aliphatic hydroxyl groups excluding tert-OH is 2. The Balaban J connectivity index is 1.02. The molecule has 59 heavy (non-hydrogen) atoms. The van der Waals surface area contributed by atoms with E-state index in [4.69, 9.17) is 17.3 Å². The van der Waals surface area contributed by atoms with Gasteiger partial charge < -0.3 is 25.3 Å². The molecule has 0 unspecified atom stereocenters. The topological polar surface area (TPSA) is 205 Å². The van der Waals surface area contributed by atoms with Crippen molar-refractivity contribution < 1.29 is 75.1 Å². The summed E-state index contributed by atoms with van der Waals surface area (Å²) in [6.45, 7) is -3.28.